The molecule has 0 atom stereocenters. The molecule has 2 heterocycles. The molecule has 0 saturated carbocycles. The fraction of sp³-hybridized carbons (Fsp3) is 0.312. The number of aromatic nitrogens is 4. The van der Waals surface area contributed by atoms with E-state index in [9.17, 15) is 0 Å². The Morgan fingerprint density at radius 3 is 2.58 bits per heavy atom. The van der Waals surface area contributed by atoms with Gasteiger partial charge in [0.05, 0.1) is 33.0 Å². The average molecular weight is 329 g/mol. The number of hydrogen-bond donors (Lipinski definition) is 2. The normalized spacial score (nSPS) is 10.6. The monoisotopic (exact) mass is 329 g/mol. The molecule has 0 radical (unpaired) electrons. The Morgan fingerprint density at radius 2 is 1.92 bits per heavy atom. The van der Waals surface area contributed by atoms with E-state index >= 15 is 0 Å². The van der Waals surface area contributed by atoms with Gasteiger partial charge in [-0.1, -0.05) is 0 Å². The fourth-order valence-corrected chi connectivity index (χ4v) is 2.54. The Morgan fingerprint density at radius 1 is 1.08 bits per heavy atom. The number of anilines is 1. The van der Waals surface area contributed by atoms with E-state index in [4.69, 9.17) is 14.2 Å². The lowest BCUT2D eigenvalue weighted by atomic mass is 10.1. The molecule has 0 unspecified atom stereocenters. The number of ether oxygens (including phenoxy) is 3. The Labute approximate surface area is 139 Å². The van der Waals surface area contributed by atoms with E-state index in [1.54, 1.807) is 33.9 Å². The number of benzene rings is 1. The first kappa shape index (κ1) is 15.9. The molecule has 126 valence electrons. The zero-order valence-corrected chi connectivity index (χ0v) is 13.8. The van der Waals surface area contributed by atoms with Crippen LogP contribution >= 0.6 is 0 Å². The maximum atomic E-state index is 5.47. The molecule has 8 nitrogen and oxygen atoms in total. The van der Waals surface area contributed by atoms with Gasteiger partial charge in [0.25, 0.3) is 0 Å². The number of hydrogen-bond acceptors (Lipinski definition) is 7. The van der Waals surface area contributed by atoms with Crippen molar-refractivity contribution < 1.29 is 14.2 Å². The smallest absolute Gasteiger partial charge is 0.205 e. The molecule has 0 bridgehead atoms. The van der Waals surface area contributed by atoms with E-state index in [-0.39, 0.29) is 0 Å². The standard InChI is InChI=1S/C16H19N5O3/c1-22-12-6-11-13(15(24-3)14(12)23-2)20-9-21-16(11)18-5-4-10-7-17-8-19-10/h6-9H,4-5H2,1-3H3,(H,17,19)(H,18,20,21). The third-order valence-electron chi connectivity index (χ3n) is 3.67. The van der Waals surface area contributed by atoms with Gasteiger partial charge < -0.3 is 24.5 Å². The van der Waals surface area contributed by atoms with E-state index in [0.29, 0.717) is 35.1 Å². The van der Waals surface area contributed by atoms with Crippen LogP contribution in [0.25, 0.3) is 10.9 Å². The van der Waals surface area contributed by atoms with Crippen molar-refractivity contribution in [3.8, 4) is 17.2 Å². The molecular weight excluding hydrogens is 310 g/mol. The predicted octanol–water partition coefficient (Wildman–Crippen LogP) is 2.03. The molecular formula is C16H19N5O3. The number of aromatic amines is 1. The summed E-state index contributed by atoms with van der Waals surface area (Å²) in [7, 11) is 4.72. The molecule has 3 aromatic rings. The molecule has 0 spiro atoms. The maximum absolute atomic E-state index is 5.47. The van der Waals surface area contributed by atoms with E-state index in [1.807, 2.05) is 6.07 Å². The third kappa shape index (κ3) is 2.90. The van der Waals surface area contributed by atoms with E-state index in [0.717, 1.165) is 17.5 Å². The van der Waals surface area contributed by atoms with Gasteiger partial charge in [-0.05, 0) is 6.07 Å². The predicted molar refractivity (Wildman–Crippen MR) is 90.0 cm³/mol. The molecule has 0 aliphatic heterocycles. The number of rotatable bonds is 7. The fourth-order valence-electron chi connectivity index (χ4n) is 2.54. The topological polar surface area (TPSA) is 94.2 Å². The lowest BCUT2D eigenvalue weighted by molar-refractivity contribution is 0.327. The summed E-state index contributed by atoms with van der Waals surface area (Å²) in [5.74, 6) is 2.30. The molecule has 0 aliphatic rings. The second-order valence-electron chi connectivity index (χ2n) is 5.02. The van der Waals surface area contributed by atoms with Gasteiger partial charge in [0, 0.05) is 24.9 Å². The molecule has 0 aliphatic carbocycles. The third-order valence-corrected chi connectivity index (χ3v) is 3.67. The van der Waals surface area contributed by atoms with E-state index < -0.39 is 0 Å². The minimum Gasteiger partial charge on any atom is -0.493 e. The second-order valence-corrected chi connectivity index (χ2v) is 5.02. The molecule has 2 aromatic heterocycles. The summed E-state index contributed by atoms with van der Waals surface area (Å²) < 4.78 is 16.3. The van der Waals surface area contributed by atoms with Crippen LogP contribution < -0.4 is 19.5 Å². The van der Waals surface area contributed by atoms with Crippen molar-refractivity contribution in [2.75, 3.05) is 33.2 Å². The lowest BCUT2D eigenvalue weighted by Crippen LogP contribution is -2.08. The SMILES string of the molecule is COc1cc2c(NCCc3cnc[nH]3)ncnc2c(OC)c1OC. The first-order chi connectivity index (χ1) is 11.8. The van der Waals surface area contributed by atoms with Crippen molar-refractivity contribution in [2.24, 2.45) is 0 Å². The number of imidazole rings is 1. The molecule has 0 amide bonds. The first-order valence-electron chi connectivity index (χ1n) is 7.43. The number of H-pyrrole nitrogens is 1. The van der Waals surface area contributed by atoms with Crippen molar-refractivity contribution in [1.82, 2.24) is 19.9 Å². The Hall–Kier alpha value is -3.03. The van der Waals surface area contributed by atoms with Gasteiger partial charge in [-0.3, -0.25) is 0 Å². The Kier molecular flexibility index (Phi) is 4.64. The minimum absolute atomic E-state index is 0.509. The highest BCUT2D eigenvalue weighted by atomic mass is 16.5. The van der Waals surface area contributed by atoms with E-state index in [1.165, 1.54) is 6.33 Å². The zero-order chi connectivity index (χ0) is 16.9. The quantitative estimate of drug-likeness (QED) is 0.685. The lowest BCUT2D eigenvalue weighted by Gasteiger charge is -2.15. The van der Waals surface area contributed by atoms with Crippen LogP contribution in [0.5, 0.6) is 17.2 Å². The zero-order valence-electron chi connectivity index (χ0n) is 13.8. The summed E-state index contributed by atoms with van der Waals surface area (Å²) >= 11 is 0. The van der Waals surface area contributed by atoms with Crippen LogP contribution in [0.1, 0.15) is 5.69 Å². The van der Waals surface area contributed by atoms with Crippen LogP contribution in [0, 0.1) is 0 Å². The van der Waals surface area contributed by atoms with Gasteiger partial charge in [-0.25, -0.2) is 15.0 Å². The van der Waals surface area contributed by atoms with Gasteiger partial charge >= 0.3 is 0 Å². The summed E-state index contributed by atoms with van der Waals surface area (Å²) in [6, 6.07) is 1.84. The molecule has 8 heteroatoms. The van der Waals surface area contributed by atoms with Crippen LogP contribution in [0.15, 0.2) is 24.9 Å². The summed E-state index contributed by atoms with van der Waals surface area (Å²) in [5.41, 5.74) is 1.71. The van der Waals surface area contributed by atoms with Crippen molar-refractivity contribution in [3.63, 3.8) is 0 Å². The number of nitrogens with one attached hydrogen (secondary N) is 2. The van der Waals surface area contributed by atoms with Crippen LogP contribution in [0.4, 0.5) is 5.82 Å². The van der Waals surface area contributed by atoms with Crippen LogP contribution in [0.2, 0.25) is 0 Å². The molecule has 3 rings (SSSR count). The highest BCUT2D eigenvalue weighted by Crippen LogP contribution is 2.43. The van der Waals surface area contributed by atoms with Gasteiger partial charge in [0.15, 0.2) is 11.5 Å². The first-order valence-corrected chi connectivity index (χ1v) is 7.43. The van der Waals surface area contributed by atoms with E-state index in [2.05, 4.69) is 25.3 Å². The number of fused-ring (bicyclic) bond motifs is 1. The van der Waals surface area contributed by atoms with Crippen LogP contribution in [0.3, 0.4) is 0 Å². The number of nitrogens with zero attached hydrogens (tertiary/aromatic N) is 3. The van der Waals surface area contributed by atoms with Gasteiger partial charge in [0.2, 0.25) is 5.75 Å². The average Bonchev–Trinajstić information content (AvgIpc) is 3.13. The minimum atomic E-state index is 0.509. The van der Waals surface area contributed by atoms with Crippen molar-refractivity contribution in [1.29, 1.82) is 0 Å². The molecule has 0 fully saturated rings. The van der Waals surface area contributed by atoms with Crippen LogP contribution in [-0.4, -0.2) is 47.8 Å². The van der Waals surface area contributed by atoms with Crippen LogP contribution in [-0.2, 0) is 6.42 Å². The maximum Gasteiger partial charge on any atom is 0.205 e. The molecule has 2 N–H and O–H groups in total. The molecule has 24 heavy (non-hydrogen) atoms. The van der Waals surface area contributed by atoms with Crippen molar-refractivity contribution in [3.05, 3.63) is 30.6 Å². The summed E-state index contributed by atoms with van der Waals surface area (Å²) in [6.45, 7) is 0.699. The highest BCUT2D eigenvalue weighted by molar-refractivity contribution is 5.96. The summed E-state index contributed by atoms with van der Waals surface area (Å²) in [6.07, 6.45) is 5.76. The number of methoxy groups -OCH3 is 3. The molecule has 0 saturated heterocycles. The second kappa shape index (κ2) is 7.03. The Bertz CT molecular complexity index is 820. The largest absolute Gasteiger partial charge is 0.493 e. The Balaban J connectivity index is 1.96. The molecule has 1 aromatic carbocycles. The van der Waals surface area contributed by atoms with Crippen molar-refractivity contribution in [2.45, 2.75) is 6.42 Å². The van der Waals surface area contributed by atoms with Gasteiger partial charge in [-0.15, -0.1) is 0 Å². The van der Waals surface area contributed by atoms with Gasteiger partial charge in [0.1, 0.15) is 17.7 Å². The van der Waals surface area contributed by atoms with Crippen molar-refractivity contribution >= 4 is 16.7 Å². The summed E-state index contributed by atoms with van der Waals surface area (Å²) in [5, 5.41) is 4.12. The summed E-state index contributed by atoms with van der Waals surface area (Å²) in [4.78, 5) is 15.7. The highest BCUT2D eigenvalue weighted by Gasteiger charge is 2.19. The van der Waals surface area contributed by atoms with Gasteiger partial charge in [-0.2, -0.15) is 0 Å².